The van der Waals surface area contributed by atoms with Crippen molar-refractivity contribution < 1.29 is 8.42 Å². The highest BCUT2D eigenvalue weighted by atomic mass is 32.2. The van der Waals surface area contributed by atoms with Crippen LogP contribution in [-0.4, -0.2) is 39.0 Å². The predicted octanol–water partition coefficient (Wildman–Crippen LogP) is 4.11. The number of piperazine rings is 1. The van der Waals surface area contributed by atoms with Crippen LogP contribution < -0.4 is 9.62 Å². The number of anilines is 2. The van der Waals surface area contributed by atoms with Gasteiger partial charge in [-0.1, -0.05) is 30.3 Å². The predicted molar refractivity (Wildman–Crippen MR) is 116 cm³/mol. The number of sulfonamides is 1. The molecule has 3 aromatic rings. The molecule has 5 rings (SSSR count). The van der Waals surface area contributed by atoms with E-state index in [-0.39, 0.29) is 0 Å². The summed E-state index contributed by atoms with van der Waals surface area (Å²) in [6, 6.07) is 17.7. The molecule has 0 aliphatic carbocycles. The average molecular weight is 412 g/mol. The minimum Gasteiger partial charge on any atom is -0.371 e. The molecule has 0 radical (unpaired) electrons. The zero-order chi connectivity index (χ0) is 19.1. The molecule has 2 aromatic carbocycles. The van der Waals surface area contributed by atoms with Crippen molar-refractivity contribution in [3.63, 3.8) is 0 Å². The van der Waals surface area contributed by atoms with Gasteiger partial charge in [0.05, 0.1) is 5.69 Å². The molecule has 2 aliphatic heterocycles. The summed E-state index contributed by atoms with van der Waals surface area (Å²) in [4.78, 5) is 4.73. The Kier molecular flexibility index (Phi) is 4.29. The van der Waals surface area contributed by atoms with Crippen LogP contribution in [0.5, 0.6) is 0 Å². The maximum Gasteiger partial charge on any atom is 0.271 e. The molecular weight excluding hydrogens is 390 g/mol. The van der Waals surface area contributed by atoms with Gasteiger partial charge in [0.25, 0.3) is 10.0 Å². The van der Waals surface area contributed by atoms with E-state index in [1.807, 2.05) is 42.5 Å². The topological polar surface area (TPSA) is 52.7 Å². The van der Waals surface area contributed by atoms with E-state index in [2.05, 4.69) is 32.9 Å². The Labute approximate surface area is 168 Å². The van der Waals surface area contributed by atoms with E-state index in [4.69, 9.17) is 0 Å². The molecule has 1 unspecified atom stereocenters. The fourth-order valence-electron chi connectivity index (χ4n) is 3.92. The molecule has 28 heavy (non-hydrogen) atoms. The molecule has 1 aromatic heterocycles. The Bertz CT molecular complexity index is 1120. The lowest BCUT2D eigenvalue weighted by molar-refractivity contribution is 0.271. The molecule has 0 bridgehead atoms. The number of rotatable bonds is 4. The largest absolute Gasteiger partial charge is 0.371 e. The summed E-state index contributed by atoms with van der Waals surface area (Å²) < 4.78 is 29.8. The Balaban J connectivity index is 1.37. The molecule has 0 spiro atoms. The maximum absolute atomic E-state index is 12.9. The van der Waals surface area contributed by atoms with Gasteiger partial charge in [0.1, 0.15) is 4.21 Å². The molecule has 3 heterocycles. The van der Waals surface area contributed by atoms with Crippen molar-refractivity contribution in [3.8, 4) is 0 Å². The monoisotopic (exact) mass is 411 g/mol. The summed E-state index contributed by atoms with van der Waals surface area (Å²) in [5, 5.41) is 0.949. The first kappa shape index (κ1) is 17.6. The smallest absolute Gasteiger partial charge is 0.271 e. The number of fused-ring (bicyclic) bond motifs is 2. The van der Waals surface area contributed by atoms with Crippen LogP contribution >= 0.6 is 11.3 Å². The van der Waals surface area contributed by atoms with Gasteiger partial charge in [-0.2, -0.15) is 0 Å². The molecule has 0 saturated carbocycles. The zero-order valence-corrected chi connectivity index (χ0v) is 16.9. The van der Waals surface area contributed by atoms with Gasteiger partial charge < -0.3 is 9.80 Å². The first-order valence-corrected chi connectivity index (χ1v) is 11.7. The summed E-state index contributed by atoms with van der Waals surface area (Å²) in [6.45, 7) is 2.89. The van der Waals surface area contributed by atoms with E-state index < -0.39 is 10.0 Å². The lowest BCUT2D eigenvalue weighted by Crippen LogP contribution is -2.49. The summed E-state index contributed by atoms with van der Waals surface area (Å²) >= 11 is 1.29. The molecule has 144 valence electrons. The van der Waals surface area contributed by atoms with Gasteiger partial charge in [0.15, 0.2) is 0 Å². The number of benzene rings is 2. The molecule has 0 amide bonds. The van der Waals surface area contributed by atoms with Gasteiger partial charge in [-0.25, -0.2) is 8.42 Å². The molecule has 7 heteroatoms. The molecule has 1 N–H and O–H groups in total. The van der Waals surface area contributed by atoms with E-state index in [9.17, 15) is 8.42 Å². The van der Waals surface area contributed by atoms with Crippen LogP contribution in [0, 0.1) is 0 Å². The van der Waals surface area contributed by atoms with Gasteiger partial charge in [-0.05, 0) is 48.3 Å². The fourth-order valence-corrected chi connectivity index (χ4v) is 6.37. The van der Waals surface area contributed by atoms with Crippen molar-refractivity contribution in [2.45, 2.75) is 16.7 Å². The van der Waals surface area contributed by atoms with Crippen LogP contribution in [-0.2, 0) is 10.0 Å². The van der Waals surface area contributed by atoms with Crippen molar-refractivity contribution in [1.82, 2.24) is 4.90 Å². The molecule has 1 atom stereocenters. The lowest BCUT2D eigenvalue weighted by Gasteiger charge is -2.39. The van der Waals surface area contributed by atoms with Crippen LogP contribution in [0.3, 0.4) is 0 Å². The Morgan fingerprint density at radius 2 is 1.93 bits per heavy atom. The third-order valence-corrected chi connectivity index (χ3v) is 8.34. The number of nitrogens with one attached hydrogen (secondary N) is 1. The zero-order valence-electron chi connectivity index (χ0n) is 15.3. The Morgan fingerprint density at radius 3 is 2.82 bits per heavy atom. The van der Waals surface area contributed by atoms with Crippen molar-refractivity contribution in [2.24, 2.45) is 0 Å². The summed E-state index contributed by atoms with van der Waals surface area (Å²) in [5.74, 6) is 0. The SMILES string of the molecule is O=S(=O)(Nc1cccc(N2CCN3C=CCC3C2)c1)c1cc2ccccc2s1. The minimum absolute atomic E-state index is 0.338. The molecule has 1 saturated heterocycles. The first-order valence-electron chi connectivity index (χ1n) is 9.37. The van der Waals surface area contributed by atoms with E-state index in [0.29, 0.717) is 15.9 Å². The van der Waals surface area contributed by atoms with E-state index in [0.717, 1.165) is 41.8 Å². The van der Waals surface area contributed by atoms with Crippen LogP contribution in [0.4, 0.5) is 11.4 Å². The standard InChI is InChI=1S/C21H21N3O2S2/c25-28(26,21-13-16-5-1-2-9-20(16)27-21)22-17-6-3-7-18(14-17)24-12-11-23-10-4-8-19(23)15-24/h1-7,9-10,13-14,19,22H,8,11-12,15H2. The number of hydrogen-bond donors (Lipinski definition) is 1. The Hall–Kier alpha value is -2.51. The van der Waals surface area contributed by atoms with Crippen molar-refractivity contribution >= 4 is 42.8 Å². The lowest BCUT2D eigenvalue weighted by atomic mass is 10.1. The molecule has 2 aliphatic rings. The third kappa shape index (κ3) is 3.25. The van der Waals surface area contributed by atoms with Gasteiger partial charge >= 0.3 is 0 Å². The summed E-state index contributed by atoms with van der Waals surface area (Å²) in [5.41, 5.74) is 1.66. The molecular formula is C21H21N3O2S2. The summed E-state index contributed by atoms with van der Waals surface area (Å²) in [7, 11) is -3.61. The quantitative estimate of drug-likeness (QED) is 0.702. The minimum atomic E-state index is -3.61. The van der Waals surface area contributed by atoms with E-state index >= 15 is 0 Å². The third-order valence-electron chi connectivity index (χ3n) is 5.36. The highest BCUT2D eigenvalue weighted by Crippen LogP contribution is 2.31. The van der Waals surface area contributed by atoms with Gasteiger partial charge in [0, 0.05) is 36.1 Å². The highest BCUT2D eigenvalue weighted by Gasteiger charge is 2.27. The maximum atomic E-state index is 12.9. The van der Waals surface area contributed by atoms with Crippen LogP contribution in [0.2, 0.25) is 0 Å². The number of hydrogen-bond acceptors (Lipinski definition) is 5. The number of nitrogens with zero attached hydrogens (tertiary/aromatic N) is 2. The highest BCUT2D eigenvalue weighted by molar-refractivity contribution is 7.94. The van der Waals surface area contributed by atoms with E-state index in [1.54, 1.807) is 6.07 Å². The molecule has 1 fully saturated rings. The second-order valence-corrected chi connectivity index (χ2v) is 10.2. The van der Waals surface area contributed by atoms with Gasteiger partial charge in [-0.15, -0.1) is 11.3 Å². The normalized spacial score (nSPS) is 19.2. The van der Waals surface area contributed by atoms with Crippen LogP contribution in [0.25, 0.3) is 10.1 Å². The van der Waals surface area contributed by atoms with E-state index in [1.165, 1.54) is 11.3 Å². The average Bonchev–Trinajstić information content (AvgIpc) is 3.34. The fraction of sp³-hybridized carbons (Fsp3) is 0.238. The Morgan fingerprint density at radius 1 is 1.04 bits per heavy atom. The number of thiophene rings is 1. The van der Waals surface area contributed by atoms with Crippen molar-refractivity contribution in [1.29, 1.82) is 0 Å². The van der Waals surface area contributed by atoms with Crippen molar-refractivity contribution in [2.75, 3.05) is 29.3 Å². The van der Waals surface area contributed by atoms with Crippen molar-refractivity contribution in [3.05, 3.63) is 66.9 Å². The van der Waals surface area contributed by atoms with Gasteiger partial charge in [-0.3, -0.25) is 4.72 Å². The first-order chi connectivity index (χ1) is 13.6. The van der Waals surface area contributed by atoms with Crippen LogP contribution in [0.1, 0.15) is 6.42 Å². The second kappa shape index (κ2) is 6.83. The van der Waals surface area contributed by atoms with Crippen LogP contribution in [0.15, 0.2) is 71.1 Å². The summed E-state index contributed by atoms with van der Waals surface area (Å²) in [6.07, 6.45) is 5.50. The second-order valence-electron chi connectivity index (χ2n) is 7.22. The van der Waals surface area contributed by atoms with Gasteiger partial charge in [0.2, 0.25) is 0 Å². The molecule has 5 nitrogen and oxygen atoms in total.